The maximum absolute atomic E-state index is 5.79. The Morgan fingerprint density at radius 2 is 2.14 bits per heavy atom. The molecule has 0 aliphatic rings. The summed E-state index contributed by atoms with van der Waals surface area (Å²) in [6.45, 7) is 12.0. The summed E-state index contributed by atoms with van der Waals surface area (Å²) in [7, 11) is 0. The molecule has 14 heavy (non-hydrogen) atoms. The Bertz CT molecular complexity index is 194. The Kier molecular flexibility index (Phi) is 7.44. The molecule has 0 saturated carbocycles. The van der Waals surface area contributed by atoms with E-state index in [1.807, 2.05) is 6.92 Å². The van der Waals surface area contributed by atoms with E-state index in [4.69, 9.17) is 5.73 Å². The van der Waals surface area contributed by atoms with Gasteiger partial charge in [-0.3, -0.25) is 0 Å². The quantitative estimate of drug-likeness (QED) is 0.484. The number of nitrogens with two attached hydrogens (primary N) is 1. The molecule has 0 saturated heterocycles. The first kappa shape index (κ1) is 13.4. The van der Waals surface area contributed by atoms with E-state index < -0.39 is 0 Å². The molecule has 0 aliphatic heterocycles. The molecule has 2 nitrogen and oxygen atoms in total. The lowest BCUT2D eigenvalue weighted by atomic mass is 10.1. The zero-order chi connectivity index (χ0) is 11.0. The van der Waals surface area contributed by atoms with Crippen LogP contribution in [0.15, 0.2) is 23.8 Å². The Morgan fingerprint density at radius 3 is 2.64 bits per heavy atom. The van der Waals surface area contributed by atoms with Crippen LogP contribution in [0.25, 0.3) is 0 Å². The molecular formula is C12H24N2. The van der Waals surface area contributed by atoms with Crippen molar-refractivity contribution in [2.75, 3.05) is 13.1 Å². The molecule has 0 rings (SSSR count). The highest BCUT2D eigenvalue weighted by Crippen LogP contribution is 2.03. The number of hydrogen-bond donors (Lipinski definition) is 2. The lowest BCUT2D eigenvalue weighted by molar-refractivity contribution is 0.564. The summed E-state index contributed by atoms with van der Waals surface area (Å²) in [5.41, 5.74) is 8.19. The van der Waals surface area contributed by atoms with E-state index in [0.717, 1.165) is 31.5 Å². The molecule has 0 aromatic carbocycles. The molecule has 0 fully saturated rings. The summed E-state index contributed by atoms with van der Waals surface area (Å²) >= 11 is 0. The van der Waals surface area contributed by atoms with Crippen LogP contribution < -0.4 is 11.1 Å². The highest BCUT2D eigenvalue weighted by molar-refractivity contribution is 5.23. The van der Waals surface area contributed by atoms with E-state index in [1.54, 1.807) is 0 Å². The van der Waals surface area contributed by atoms with Gasteiger partial charge < -0.3 is 11.1 Å². The highest BCUT2D eigenvalue weighted by atomic mass is 14.8. The molecule has 0 spiro atoms. The van der Waals surface area contributed by atoms with Gasteiger partial charge in [-0.05, 0) is 33.2 Å². The molecule has 0 bridgehead atoms. The molecule has 0 radical (unpaired) electrons. The smallest absolute Gasteiger partial charge is 0.0140 e. The summed E-state index contributed by atoms with van der Waals surface area (Å²) in [5.74, 6) is 0. The van der Waals surface area contributed by atoms with Crippen LogP contribution >= 0.6 is 0 Å². The van der Waals surface area contributed by atoms with Crippen LogP contribution in [0, 0.1) is 0 Å². The topological polar surface area (TPSA) is 38.0 Å². The largest absolute Gasteiger partial charge is 0.328 e. The standard InChI is InChI=1S/C12H24N2/c1-5-12(13)7-9-14-8-6-11(4)10(2)3/h6,12,14H,2,5,7-9,13H2,1,3-4H3/b11-6+. The molecule has 82 valence electrons. The van der Waals surface area contributed by atoms with Crippen LogP contribution in [0.4, 0.5) is 0 Å². The van der Waals surface area contributed by atoms with Gasteiger partial charge in [0.1, 0.15) is 0 Å². The van der Waals surface area contributed by atoms with Crippen LogP contribution in [-0.4, -0.2) is 19.1 Å². The second-order valence-electron chi connectivity index (χ2n) is 3.83. The predicted molar refractivity (Wildman–Crippen MR) is 64.3 cm³/mol. The van der Waals surface area contributed by atoms with Gasteiger partial charge in [0.2, 0.25) is 0 Å². The van der Waals surface area contributed by atoms with Crippen molar-refractivity contribution in [3.63, 3.8) is 0 Å². The van der Waals surface area contributed by atoms with Crippen molar-refractivity contribution < 1.29 is 0 Å². The second-order valence-corrected chi connectivity index (χ2v) is 3.83. The molecule has 0 amide bonds. The van der Waals surface area contributed by atoms with Gasteiger partial charge in [-0.25, -0.2) is 0 Å². The van der Waals surface area contributed by atoms with Crippen molar-refractivity contribution in [1.82, 2.24) is 5.32 Å². The summed E-state index contributed by atoms with van der Waals surface area (Å²) in [6.07, 6.45) is 4.28. The molecular weight excluding hydrogens is 172 g/mol. The van der Waals surface area contributed by atoms with E-state index in [-0.39, 0.29) is 0 Å². The van der Waals surface area contributed by atoms with Crippen LogP contribution in [0.1, 0.15) is 33.6 Å². The highest BCUT2D eigenvalue weighted by Gasteiger charge is 1.96. The monoisotopic (exact) mass is 196 g/mol. The Labute approximate surface area is 88.3 Å². The number of allylic oxidation sites excluding steroid dienone is 2. The van der Waals surface area contributed by atoms with Gasteiger partial charge in [0.15, 0.2) is 0 Å². The molecule has 0 heterocycles. The van der Waals surface area contributed by atoms with Gasteiger partial charge in [-0.1, -0.05) is 30.7 Å². The Balaban J connectivity index is 3.47. The van der Waals surface area contributed by atoms with E-state index in [2.05, 4.69) is 31.8 Å². The minimum Gasteiger partial charge on any atom is -0.328 e. The number of hydrogen-bond acceptors (Lipinski definition) is 2. The Morgan fingerprint density at radius 1 is 1.50 bits per heavy atom. The average molecular weight is 196 g/mol. The predicted octanol–water partition coefficient (Wildman–Crippen LogP) is 2.23. The third-order valence-electron chi connectivity index (χ3n) is 2.44. The van der Waals surface area contributed by atoms with Crippen molar-refractivity contribution in [3.05, 3.63) is 23.8 Å². The molecule has 0 aliphatic carbocycles. The first-order valence-corrected chi connectivity index (χ1v) is 5.36. The molecule has 0 aromatic rings. The second kappa shape index (κ2) is 7.77. The van der Waals surface area contributed by atoms with Crippen molar-refractivity contribution in [2.24, 2.45) is 5.73 Å². The van der Waals surface area contributed by atoms with Gasteiger partial charge in [-0.15, -0.1) is 0 Å². The summed E-state index contributed by atoms with van der Waals surface area (Å²) in [4.78, 5) is 0. The molecule has 1 atom stereocenters. The van der Waals surface area contributed by atoms with Crippen molar-refractivity contribution >= 4 is 0 Å². The van der Waals surface area contributed by atoms with Crippen LogP contribution in [-0.2, 0) is 0 Å². The minimum absolute atomic E-state index is 0.341. The number of rotatable bonds is 7. The van der Waals surface area contributed by atoms with Crippen LogP contribution in [0.5, 0.6) is 0 Å². The number of nitrogens with one attached hydrogen (secondary N) is 1. The SMILES string of the molecule is C=C(C)/C(C)=C/CNCCC(N)CC. The van der Waals surface area contributed by atoms with E-state index in [1.165, 1.54) is 5.57 Å². The zero-order valence-corrected chi connectivity index (χ0v) is 9.77. The van der Waals surface area contributed by atoms with Gasteiger partial charge in [0.05, 0.1) is 0 Å². The first-order valence-electron chi connectivity index (χ1n) is 5.36. The molecule has 1 unspecified atom stereocenters. The fraction of sp³-hybridized carbons (Fsp3) is 0.667. The molecule has 3 N–H and O–H groups in total. The van der Waals surface area contributed by atoms with Crippen LogP contribution in [0.2, 0.25) is 0 Å². The van der Waals surface area contributed by atoms with Crippen molar-refractivity contribution in [3.8, 4) is 0 Å². The molecule has 0 aromatic heterocycles. The summed E-state index contributed by atoms with van der Waals surface area (Å²) in [5, 5.41) is 3.34. The summed E-state index contributed by atoms with van der Waals surface area (Å²) in [6, 6.07) is 0.341. The van der Waals surface area contributed by atoms with E-state index in [0.29, 0.717) is 6.04 Å². The fourth-order valence-corrected chi connectivity index (χ4v) is 0.993. The van der Waals surface area contributed by atoms with E-state index in [9.17, 15) is 0 Å². The van der Waals surface area contributed by atoms with Crippen molar-refractivity contribution in [2.45, 2.75) is 39.7 Å². The fourth-order valence-electron chi connectivity index (χ4n) is 0.993. The third kappa shape index (κ3) is 6.87. The van der Waals surface area contributed by atoms with Crippen LogP contribution in [0.3, 0.4) is 0 Å². The lowest BCUT2D eigenvalue weighted by Gasteiger charge is -2.08. The molecule has 2 heteroatoms. The normalized spacial score (nSPS) is 14.1. The average Bonchev–Trinajstić information content (AvgIpc) is 2.16. The third-order valence-corrected chi connectivity index (χ3v) is 2.44. The first-order chi connectivity index (χ1) is 6.57. The van der Waals surface area contributed by atoms with E-state index >= 15 is 0 Å². The van der Waals surface area contributed by atoms with Gasteiger partial charge in [0.25, 0.3) is 0 Å². The van der Waals surface area contributed by atoms with Gasteiger partial charge >= 0.3 is 0 Å². The maximum atomic E-state index is 5.79. The summed E-state index contributed by atoms with van der Waals surface area (Å²) < 4.78 is 0. The maximum Gasteiger partial charge on any atom is 0.0140 e. The Hall–Kier alpha value is -0.600. The lowest BCUT2D eigenvalue weighted by Crippen LogP contribution is -2.26. The van der Waals surface area contributed by atoms with Crippen molar-refractivity contribution in [1.29, 1.82) is 0 Å². The van der Waals surface area contributed by atoms with Gasteiger partial charge in [-0.2, -0.15) is 0 Å². The zero-order valence-electron chi connectivity index (χ0n) is 9.77. The minimum atomic E-state index is 0.341. The van der Waals surface area contributed by atoms with Gasteiger partial charge in [0, 0.05) is 12.6 Å².